The number of para-hydroxylation sites is 1. The second kappa shape index (κ2) is 8.26. The maximum atomic E-state index is 12.3. The predicted octanol–water partition coefficient (Wildman–Crippen LogP) is 3.53. The summed E-state index contributed by atoms with van der Waals surface area (Å²) in [5.74, 6) is -0.404. The number of carbonyl (C=O) groups is 3. The van der Waals surface area contributed by atoms with Crippen LogP contribution in [0.15, 0.2) is 41.3 Å². The van der Waals surface area contributed by atoms with Gasteiger partial charge in [0, 0.05) is 22.8 Å². The quantitative estimate of drug-likeness (QED) is 0.788. The van der Waals surface area contributed by atoms with Crippen LogP contribution >= 0.6 is 11.8 Å². The maximum Gasteiger partial charge on any atom is 0.338 e. The lowest BCUT2D eigenvalue weighted by molar-refractivity contribution is -0.119. The van der Waals surface area contributed by atoms with Gasteiger partial charge >= 0.3 is 5.97 Å². The lowest BCUT2D eigenvalue weighted by Gasteiger charge is -2.12. The van der Waals surface area contributed by atoms with Gasteiger partial charge in [0.15, 0.2) is 6.61 Å². The van der Waals surface area contributed by atoms with Crippen molar-refractivity contribution in [2.45, 2.75) is 25.2 Å². The van der Waals surface area contributed by atoms with Crippen molar-refractivity contribution in [1.82, 2.24) is 0 Å². The fourth-order valence-electron chi connectivity index (χ4n) is 2.75. The topological polar surface area (TPSA) is 84.5 Å². The number of anilines is 2. The third kappa shape index (κ3) is 4.68. The van der Waals surface area contributed by atoms with Gasteiger partial charge in [0.1, 0.15) is 0 Å². The Kier molecular flexibility index (Phi) is 5.81. The molecule has 2 aromatic rings. The van der Waals surface area contributed by atoms with Gasteiger partial charge in [-0.05, 0) is 43.2 Å². The van der Waals surface area contributed by atoms with Gasteiger partial charge in [0.25, 0.3) is 5.91 Å². The van der Waals surface area contributed by atoms with Crippen molar-refractivity contribution in [3.8, 4) is 0 Å². The molecule has 0 saturated heterocycles. The fraction of sp³-hybridized carbons (Fsp3) is 0.250. The number of nitrogens with one attached hydrogen (secondary N) is 2. The average molecular weight is 384 g/mol. The normalized spacial score (nSPS) is 13.2. The number of benzene rings is 2. The first kappa shape index (κ1) is 19.0. The molecule has 0 atom stereocenters. The molecular weight excluding hydrogens is 364 g/mol. The molecule has 2 aromatic carbocycles. The van der Waals surface area contributed by atoms with Crippen molar-refractivity contribution < 1.29 is 19.1 Å². The Bertz CT molecular complexity index is 891. The van der Waals surface area contributed by atoms with E-state index in [1.54, 1.807) is 30.0 Å². The van der Waals surface area contributed by atoms with E-state index in [0.717, 1.165) is 21.7 Å². The molecule has 1 aliphatic rings. The van der Waals surface area contributed by atoms with Gasteiger partial charge in [-0.25, -0.2) is 4.79 Å². The molecule has 0 aliphatic carbocycles. The van der Waals surface area contributed by atoms with Crippen LogP contribution in [0.3, 0.4) is 0 Å². The van der Waals surface area contributed by atoms with Crippen LogP contribution in [-0.4, -0.2) is 30.1 Å². The average Bonchev–Trinajstić information content (AvgIpc) is 2.82. The highest BCUT2D eigenvalue weighted by Crippen LogP contribution is 2.31. The minimum Gasteiger partial charge on any atom is -0.452 e. The zero-order valence-corrected chi connectivity index (χ0v) is 15.9. The molecule has 140 valence electrons. The number of carbonyl (C=O) groups excluding carboxylic acids is 3. The van der Waals surface area contributed by atoms with E-state index in [9.17, 15) is 14.4 Å². The van der Waals surface area contributed by atoms with Crippen LogP contribution in [0.25, 0.3) is 0 Å². The summed E-state index contributed by atoms with van der Waals surface area (Å²) >= 11 is 1.56. The molecule has 3 rings (SSSR count). The van der Waals surface area contributed by atoms with E-state index in [1.165, 1.54) is 0 Å². The molecule has 1 aliphatic heterocycles. The molecule has 0 aromatic heterocycles. The molecule has 2 amide bonds. The Morgan fingerprint density at radius 2 is 1.93 bits per heavy atom. The van der Waals surface area contributed by atoms with Gasteiger partial charge in [0.2, 0.25) is 5.91 Å². The molecule has 2 N–H and O–H groups in total. The number of fused-ring (bicyclic) bond motifs is 1. The molecule has 0 fully saturated rings. The molecule has 1 heterocycles. The summed E-state index contributed by atoms with van der Waals surface area (Å²) in [7, 11) is 0. The van der Waals surface area contributed by atoms with E-state index in [0.29, 0.717) is 17.9 Å². The summed E-state index contributed by atoms with van der Waals surface area (Å²) in [4.78, 5) is 37.0. The summed E-state index contributed by atoms with van der Waals surface area (Å²) in [6, 6.07) is 10.7. The van der Waals surface area contributed by atoms with Crippen molar-refractivity contribution >= 4 is 40.9 Å². The minimum atomic E-state index is -0.613. The van der Waals surface area contributed by atoms with E-state index >= 15 is 0 Å². The number of hydrogen-bond acceptors (Lipinski definition) is 5. The molecular formula is C20H20N2O4S. The summed E-state index contributed by atoms with van der Waals surface area (Å²) in [6.07, 6.45) is 0.428. The van der Waals surface area contributed by atoms with Crippen LogP contribution < -0.4 is 10.6 Å². The second-order valence-electron chi connectivity index (χ2n) is 6.25. The maximum absolute atomic E-state index is 12.3. The first-order valence-electron chi connectivity index (χ1n) is 8.54. The highest BCUT2D eigenvalue weighted by molar-refractivity contribution is 7.99. The molecule has 6 nitrogen and oxygen atoms in total. The number of esters is 1. The Labute approximate surface area is 161 Å². The first-order chi connectivity index (χ1) is 12.9. The number of aryl methyl sites for hydroxylation is 2. The van der Waals surface area contributed by atoms with Crippen LogP contribution in [0, 0.1) is 13.8 Å². The molecule has 0 radical (unpaired) electrons. The van der Waals surface area contributed by atoms with Gasteiger partial charge in [0.05, 0.1) is 11.3 Å². The molecule has 0 unspecified atom stereocenters. The Hall–Kier alpha value is -2.80. The van der Waals surface area contributed by atoms with Crippen LogP contribution in [0.2, 0.25) is 0 Å². The smallest absolute Gasteiger partial charge is 0.338 e. The SMILES string of the molecule is Cc1cccc(C)c1NC(=O)COC(=O)c1ccc2c(c1)NC(=O)CCS2. The monoisotopic (exact) mass is 384 g/mol. The standard InChI is InChI=1S/C20H20N2O4S/c1-12-4-3-5-13(2)19(12)22-18(24)11-26-20(25)14-6-7-16-15(10-14)21-17(23)8-9-27-16/h3-7,10H,8-9,11H2,1-2H3,(H,21,23)(H,22,24). The van der Waals surface area contributed by atoms with Crippen molar-refractivity contribution in [2.24, 2.45) is 0 Å². The molecule has 27 heavy (non-hydrogen) atoms. The Morgan fingerprint density at radius 3 is 2.67 bits per heavy atom. The summed E-state index contributed by atoms with van der Waals surface area (Å²) < 4.78 is 5.12. The zero-order valence-electron chi connectivity index (χ0n) is 15.1. The van der Waals surface area contributed by atoms with E-state index in [1.807, 2.05) is 32.0 Å². The van der Waals surface area contributed by atoms with Crippen molar-refractivity contribution in [2.75, 3.05) is 23.0 Å². The van der Waals surface area contributed by atoms with Crippen LogP contribution in [0.5, 0.6) is 0 Å². The molecule has 7 heteroatoms. The van der Waals surface area contributed by atoms with Crippen molar-refractivity contribution in [3.63, 3.8) is 0 Å². The van der Waals surface area contributed by atoms with Gasteiger partial charge in [-0.15, -0.1) is 11.8 Å². The summed E-state index contributed by atoms with van der Waals surface area (Å²) in [5.41, 5.74) is 3.49. The lowest BCUT2D eigenvalue weighted by atomic mass is 10.1. The van der Waals surface area contributed by atoms with Crippen LogP contribution in [-0.2, 0) is 14.3 Å². The van der Waals surface area contributed by atoms with Gasteiger partial charge in [-0.2, -0.15) is 0 Å². The minimum absolute atomic E-state index is 0.0836. The zero-order chi connectivity index (χ0) is 19.4. The van der Waals surface area contributed by atoms with Gasteiger partial charge in [-0.1, -0.05) is 18.2 Å². The highest BCUT2D eigenvalue weighted by atomic mass is 32.2. The third-order valence-corrected chi connectivity index (χ3v) is 5.23. The first-order valence-corrected chi connectivity index (χ1v) is 9.52. The number of hydrogen-bond donors (Lipinski definition) is 2. The van der Waals surface area contributed by atoms with E-state index in [-0.39, 0.29) is 18.1 Å². The highest BCUT2D eigenvalue weighted by Gasteiger charge is 2.17. The van der Waals surface area contributed by atoms with Gasteiger partial charge < -0.3 is 15.4 Å². The third-order valence-electron chi connectivity index (χ3n) is 4.16. The van der Waals surface area contributed by atoms with Crippen molar-refractivity contribution in [1.29, 1.82) is 0 Å². The molecule has 0 saturated carbocycles. The second-order valence-corrected chi connectivity index (χ2v) is 7.39. The molecule has 0 bridgehead atoms. The Morgan fingerprint density at radius 1 is 1.19 bits per heavy atom. The summed E-state index contributed by atoms with van der Waals surface area (Å²) in [5, 5.41) is 5.55. The fourth-order valence-corrected chi connectivity index (χ4v) is 3.69. The van der Waals surface area contributed by atoms with E-state index in [2.05, 4.69) is 10.6 Å². The predicted molar refractivity (Wildman–Crippen MR) is 105 cm³/mol. The van der Waals surface area contributed by atoms with Crippen molar-refractivity contribution in [3.05, 3.63) is 53.1 Å². The van der Waals surface area contributed by atoms with Gasteiger partial charge in [-0.3, -0.25) is 9.59 Å². The number of rotatable bonds is 4. The lowest BCUT2D eigenvalue weighted by Crippen LogP contribution is -2.22. The molecule has 0 spiro atoms. The number of ether oxygens (including phenoxy) is 1. The summed E-state index contributed by atoms with van der Waals surface area (Å²) in [6.45, 7) is 3.41. The number of amides is 2. The van der Waals surface area contributed by atoms with Crippen LogP contribution in [0.4, 0.5) is 11.4 Å². The number of thioether (sulfide) groups is 1. The van der Waals surface area contributed by atoms with Crippen LogP contribution in [0.1, 0.15) is 27.9 Å². The van der Waals surface area contributed by atoms with E-state index in [4.69, 9.17) is 4.74 Å². The Balaban J connectivity index is 1.62. The van der Waals surface area contributed by atoms with E-state index < -0.39 is 11.9 Å². The largest absolute Gasteiger partial charge is 0.452 e.